The number of rotatable bonds is 3. The van der Waals surface area contributed by atoms with Crippen LogP contribution in [0.2, 0.25) is 0 Å². The van der Waals surface area contributed by atoms with Gasteiger partial charge in [-0.15, -0.1) is 0 Å². The van der Waals surface area contributed by atoms with E-state index in [-0.39, 0.29) is 15.5 Å². The first-order chi connectivity index (χ1) is 6.56. The molecule has 1 aromatic carbocycles. The van der Waals surface area contributed by atoms with Crippen molar-refractivity contribution in [3.05, 3.63) is 18.2 Å². The summed E-state index contributed by atoms with van der Waals surface area (Å²) in [4.78, 5) is 0.000509. The average molecular weight is 236 g/mol. The molecule has 0 aliphatic carbocycles. The first-order valence-corrected chi connectivity index (χ1v) is 5.88. The summed E-state index contributed by atoms with van der Waals surface area (Å²) in [5.74, 6) is 0.0396. The molecule has 0 aliphatic heterocycles. The molecule has 78 valence electrons. The zero-order chi connectivity index (χ0) is 10.7. The first kappa shape index (κ1) is 11.0. The minimum Gasteiger partial charge on any atom is -0.495 e. The van der Waals surface area contributed by atoms with E-state index in [1.807, 2.05) is 0 Å². The Morgan fingerprint density at radius 3 is 2.14 bits per heavy atom. The van der Waals surface area contributed by atoms with Crippen molar-refractivity contribution < 1.29 is 21.6 Å². The van der Waals surface area contributed by atoms with E-state index in [1.165, 1.54) is 25.3 Å². The molecule has 14 heavy (non-hydrogen) atoms. The van der Waals surface area contributed by atoms with Crippen LogP contribution < -0.4 is 4.74 Å². The molecule has 0 unspecified atom stereocenters. The molecule has 0 saturated carbocycles. The molecule has 0 heterocycles. The third-order valence-corrected chi connectivity index (χ3v) is 3.03. The highest BCUT2D eigenvalue weighted by Gasteiger charge is 2.07. The van der Waals surface area contributed by atoms with E-state index in [4.69, 9.17) is 4.74 Å². The van der Waals surface area contributed by atoms with Gasteiger partial charge in [-0.05, 0) is 18.2 Å². The van der Waals surface area contributed by atoms with Crippen LogP contribution in [0.4, 0.5) is 0 Å². The summed E-state index contributed by atoms with van der Waals surface area (Å²) in [6.07, 6.45) is 0. The van der Waals surface area contributed by atoms with Crippen LogP contribution in [0.15, 0.2) is 28.0 Å². The maximum Gasteiger partial charge on any atom is 0.171 e. The Morgan fingerprint density at radius 1 is 1.07 bits per heavy atom. The lowest BCUT2D eigenvalue weighted by molar-refractivity contribution is 0.402. The molecule has 0 N–H and O–H groups in total. The zero-order valence-corrected chi connectivity index (χ0v) is 8.96. The molecule has 0 fully saturated rings. The quantitative estimate of drug-likeness (QED) is 0.701. The standard InChI is InChI=1S/C7H8O5S2/c1-12-6-4-5(13(8)9)2-3-7(6)14(10)11/h2-4,13-14H,1H3. The van der Waals surface area contributed by atoms with E-state index >= 15 is 0 Å². The van der Waals surface area contributed by atoms with Gasteiger partial charge in [0.2, 0.25) is 0 Å². The summed E-state index contributed by atoms with van der Waals surface area (Å²) in [7, 11) is -4.22. The van der Waals surface area contributed by atoms with Crippen LogP contribution in [-0.4, -0.2) is 23.9 Å². The Hall–Kier alpha value is -1.08. The topological polar surface area (TPSA) is 77.5 Å². The fourth-order valence-electron chi connectivity index (χ4n) is 0.931. The van der Waals surface area contributed by atoms with E-state index < -0.39 is 21.4 Å². The molecule has 5 nitrogen and oxygen atoms in total. The van der Waals surface area contributed by atoms with E-state index in [1.54, 1.807) is 0 Å². The second kappa shape index (κ2) is 4.43. The molecule has 0 bridgehead atoms. The summed E-state index contributed by atoms with van der Waals surface area (Å²) in [5.41, 5.74) is 0. The van der Waals surface area contributed by atoms with Gasteiger partial charge in [0.25, 0.3) is 0 Å². The number of thiol groups is 2. The Balaban J connectivity index is 3.39. The van der Waals surface area contributed by atoms with Gasteiger partial charge in [0.05, 0.1) is 12.0 Å². The number of ether oxygens (including phenoxy) is 1. The van der Waals surface area contributed by atoms with Gasteiger partial charge < -0.3 is 4.74 Å². The van der Waals surface area contributed by atoms with Crippen molar-refractivity contribution in [2.24, 2.45) is 0 Å². The number of benzene rings is 1. The minimum atomic E-state index is -2.78. The van der Waals surface area contributed by atoms with Gasteiger partial charge >= 0.3 is 0 Å². The second-order valence-corrected chi connectivity index (χ2v) is 4.40. The highest BCUT2D eigenvalue weighted by Crippen LogP contribution is 2.21. The lowest BCUT2D eigenvalue weighted by Gasteiger charge is -2.02. The van der Waals surface area contributed by atoms with Crippen LogP contribution in [0, 0.1) is 0 Å². The van der Waals surface area contributed by atoms with E-state index in [0.717, 1.165) is 0 Å². The van der Waals surface area contributed by atoms with Crippen molar-refractivity contribution in [2.75, 3.05) is 7.11 Å². The van der Waals surface area contributed by atoms with Crippen LogP contribution in [0.3, 0.4) is 0 Å². The van der Waals surface area contributed by atoms with Gasteiger partial charge in [-0.2, -0.15) is 0 Å². The number of methoxy groups -OCH3 is 1. The maximum atomic E-state index is 10.7. The van der Waals surface area contributed by atoms with Crippen molar-refractivity contribution in [1.29, 1.82) is 0 Å². The summed E-state index contributed by atoms with van der Waals surface area (Å²) in [6.45, 7) is 0. The third kappa shape index (κ3) is 2.24. The van der Waals surface area contributed by atoms with Crippen molar-refractivity contribution in [2.45, 2.75) is 9.79 Å². The first-order valence-electron chi connectivity index (χ1n) is 3.53. The van der Waals surface area contributed by atoms with Gasteiger partial charge in [-0.25, -0.2) is 16.8 Å². The predicted molar refractivity (Wildman–Crippen MR) is 50.2 cm³/mol. The molecule has 0 aromatic heterocycles. The Morgan fingerprint density at radius 2 is 1.71 bits per heavy atom. The van der Waals surface area contributed by atoms with Crippen molar-refractivity contribution in [1.82, 2.24) is 0 Å². The third-order valence-electron chi connectivity index (χ3n) is 1.57. The fraction of sp³-hybridized carbons (Fsp3) is 0.143. The molecule has 0 radical (unpaired) electrons. The number of hydrogen-bond donors (Lipinski definition) is 2. The van der Waals surface area contributed by atoms with Crippen molar-refractivity contribution in [3.8, 4) is 5.75 Å². The van der Waals surface area contributed by atoms with Gasteiger partial charge in [0.15, 0.2) is 21.4 Å². The molecule has 0 aliphatic rings. The molecular weight excluding hydrogens is 228 g/mol. The van der Waals surface area contributed by atoms with Gasteiger partial charge in [0.1, 0.15) is 10.6 Å². The zero-order valence-electron chi connectivity index (χ0n) is 7.17. The van der Waals surface area contributed by atoms with Crippen LogP contribution in [-0.2, 0) is 21.4 Å². The average Bonchev–Trinajstić information content (AvgIpc) is 2.16. The molecular formula is C7H8O5S2. The van der Waals surface area contributed by atoms with E-state index in [0.29, 0.717) is 0 Å². The van der Waals surface area contributed by atoms with Crippen LogP contribution in [0.25, 0.3) is 0 Å². The smallest absolute Gasteiger partial charge is 0.171 e. The summed E-state index contributed by atoms with van der Waals surface area (Å²) < 4.78 is 47.2. The highest BCUT2D eigenvalue weighted by atomic mass is 32.2. The van der Waals surface area contributed by atoms with Crippen molar-refractivity contribution in [3.63, 3.8) is 0 Å². The number of hydrogen-bond acceptors (Lipinski definition) is 5. The van der Waals surface area contributed by atoms with Gasteiger partial charge in [0, 0.05) is 0 Å². The monoisotopic (exact) mass is 236 g/mol. The molecule has 1 aromatic rings. The largest absolute Gasteiger partial charge is 0.495 e. The normalized spacial score (nSPS) is 10.8. The Bertz CT molecular complexity index is 471. The SMILES string of the molecule is COc1cc([SH](=O)=O)ccc1[SH](=O)=O. The maximum absolute atomic E-state index is 10.7. The lowest BCUT2D eigenvalue weighted by atomic mass is 10.3. The summed E-state index contributed by atoms with van der Waals surface area (Å²) in [5, 5.41) is 0. The molecule has 0 saturated heterocycles. The summed E-state index contributed by atoms with van der Waals surface area (Å²) >= 11 is 0. The highest BCUT2D eigenvalue weighted by molar-refractivity contribution is 7.73. The second-order valence-electron chi connectivity index (χ2n) is 2.37. The fourth-order valence-corrected chi connectivity index (χ4v) is 1.88. The van der Waals surface area contributed by atoms with Crippen LogP contribution in [0.5, 0.6) is 5.75 Å². The minimum absolute atomic E-state index is 0.0249. The molecule has 0 atom stereocenters. The lowest BCUT2D eigenvalue weighted by Crippen LogP contribution is -1.92. The molecule has 0 amide bonds. The Kier molecular flexibility index (Phi) is 3.48. The van der Waals surface area contributed by atoms with Crippen molar-refractivity contribution >= 4 is 21.4 Å². The van der Waals surface area contributed by atoms with Crippen LogP contribution in [0.1, 0.15) is 0 Å². The van der Waals surface area contributed by atoms with Crippen LogP contribution >= 0.6 is 0 Å². The Labute approximate surface area is 84.2 Å². The van der Waals surface area contributed by atoms with Gasteiger partial charge in [-0.3, -0.25) is 0 Å². The predicted octanol–water partition coefficient (Wildman–Crippen LogP) is -0.364. The van der Waals surface area contributed by atoms with E-state index in [2.05, 4.69) is 0 Å². The van der Waals surface area contributed by atoms with Gasteiger partial charge in [-0.1, -0.05) is 0 Å². The van der Waals surface area contributed by atoms with E-state index in [9.17, 15) is 16.8 Å². The molecule has 1 rings (SSSR count). The summed E-state index contributed by atoms with van der Waals surface area (Å²) in [6, 6.07) is 3.59. The molecule has 0 spiro atoms. The molecule has 7 heteroatoms.